The third-order valence-electron chi connectivity index (χ3n) is 3.95. The van der Waals surface area contributed by atoms with Crippen LogP contribution in [0, 0.1) is 0 Å². The van der Waals surface area contributed by atoms with Crippen molar-refractivity contribution in [2.75, 3.05) is 7.11 Å². The number of carbonyl (C=O) groups excluding carboxylic acids is 2. The molecule has 4 nitrogen and oxygen atoms in total. The van der Waals surface area contributed by atoms with Crippen LogP contribution in [-0.4, -0.2) is 18.9 Å². The van der Waals surface area contributed by atoms with Crippen molar-refractivity contribution < 1.29 is 19.1 Å². The molecule has 4 heteroatoms. The number of hydrogen-bond acceptors (Lipinski definition) is 4. The fraction of sp³-hybridized carbons (Fsp3) is 0.0909. The highest BCUT2D eigenvalue weighted by Crippen LogP contribution is 2.14. The van der Waals surface area contributed by atoms with Crippen LogP contribution < -0.4 is 4.74 Å². The molecule has 0 fully saturated rings. The Kier molecular flexibility index (Phi) is 5.44. The summed E-state index contributed by atoms with van der Waals surface area (Å²) in [7, 11) is 1.60. The molecule has 0 heterocycles. The van der Waals surface area contributed by atoms with Gasteiger partial charge in [0.2, 0.25) is 0 Å². The summed E-state index contributed by atoms with van der Waals surface area (Å²) in [4.78, 5) is 24.5. The van der Waals surface area contributed by atoms with E-state index in [1.54, 1.807) is 43.5 Å². The molecule has 0 atom stereocenters. The van der Waals surface area contributed by atoms with Crippen molar-refractivity contribution in [3.05, 3.63) is 101 Å². The molecule has 0 aliphatic carbocycles. The van der Waals surface area contributed by atoms with E-state index in [4.69, 9.17) is 9.47 Å². The third-order valence-corrected chi connectivity index (χ3v) is 3.95. The second-order valence-electron chi connectivity index (χ2n) is 5.70. The molecule has 0 saturated carbocycles. The van der Waals surface area contributed by atoms with Gasteiger partial charge in [-0.1, -0.05) is 54.6 Å². The average molecular weight is 346 g/mol. The lowest BCUT2D eigenvalue weighted by molar-refractivity contribution is 0.0472. The van der Waals surface area contributed by atoms with Gasteiger partial charge in [-0.15, -0.1) is 0 Å². The van der Waals surface area contributed by atoms with Gasteiger partial charge in [-0.2, -0.15) is 0 Å². The summed E-state index contributed by atoms with van der Waals surface area (Å²) in [5.74, 6) is 0.238. The van der Waals surface area contributed by atoms with E-state index in [0.29, 0.717) is 16.7 Å². The molecular formula is C22H18O4. The second kappa shape index (κ2) is 8.12. The normalized spacial score (nSPS) is 10.2. The molecule has 3 aromatic rings. The van der Waals surface area contributed by atoms with Crippen LogP contribution >= 0.6 is 0 Å². The Hall–Kier alpha value is -3.40. The maximum atomic E-state index is 12.4. The lowest BCUT2D eigenvalue weighted by Gasteiger charge is -2.07. The summed E-state index contributed by atoms with van der Waals surface area (Å²) in [6.07, 6.45) is 0. The summed E-state index contributed by atoms with van der Waals surface area (Å²) >= 11 is 0. The first-order valence-corrected chi connectivity index (χ1v) is 8.17. The summed E-state index contributed by atoms with van der Waals surface area (Å²) < 4.78 is 10.4. The van der Waals surface area contributed by atoms with E-state index < -0.39 is 5.97 Å². The predicted molar refractivity (Wildman–Crippen MR) is 98.4 cm³/mol. The zero-order valence-corrected chi connectivity index (χ0v) is 14.3. The fourth-order valence-electron chi connectivity index (χ4n) is 2.47. The Morgan fingerprint density at radius 3 is 1.92 bits per heavy atom. The molecule has 0 unspecified atom stereocenters. The predicted octanol–water partition coefficient (Wildman–Crippen LogP) is 4.28. The van der Waals surface area contributed by atoms with Crippen LogP contribution in [0.25, 0.3) is 0 Å². The Morgan fingerprint density at radius 1 is 0.731 bits per heavy atom. The van der Waals surface area contributed by atoms with Crippen molar-refractivity contribution in [1.82, 2.24) is 0 Å². The third kappa shape index (κ3) is 4.16. The first-order valence-electron chi connectivity index (χ1n) is 8.17. The maximum absolute atomic E-state index is 12.4. The van der Waals surface area contributed by atoms with Crippen LogP contribution in [0.3, 0.4) is 0 Å². The summed E-state index contributed by atoms with van der Waals surface area (Å²) in [5, 5.41) is 0. The number of carbonyl (C=O) groups is 2. The maximum Gasteiger partial charge on any atom is 0.338 e. The van der Waals surface area contributed by atoms with Gasteiger partial charge in [0.15, 0.2) is 5.78 Å². The minimum atomic E-state index is -0.431. The van der Waals surface area contributed by atoms with Gasteiger partial charge in [0, 0.05) is 11.1 Å². The van der Waals surface area contributed by atoms with E-state index in [0.717, 1.165) is 11.3 Å². The minimum Gasteiger partial charge on any atom is -0.497 e. The molecule has 0 aromatic heterocycles. The van der Waals surface area contributed by atoms with E-state index >= 15 is 0 Å². The summed E-state index contributed by atoms with van der Waals surface area (Å²) in [6, 6.07) is 22.8. The summed E-state index contributed by atoms with van der Waals surface area (Å²) in [5.41, 5.74) is 2.42. The number of methoxy groups -OCH3 is 1. The van der Waals surface area contributed by atoms with Crippen LogP contribution in [0.4, 0.5) is 0 Å². The topological polar surface area (TPSA) is 52.6 Å². The number of ether oxygens (including phenoxy) is 2. The van der Waals surface area contributed by atoms with Crippen LogP contribution in [0.1, 0.15) is 31.8 Å². The number of ketones is 1. The molecule has 0 radical (unpaired) electrons. The van der Waals surface area contributed by atoms with Crippen molar-refractivity contribution in [2.45, 2.75) is 6.61 Å². The standard InChI is InChI=1S/C22H18O4/c1-25-20-13-7-16(8-14-20)15-26-22(24)19-11-9-18(10-12-19)21(23)17-5-3-2-4-6-17/h2-14H,15H2,1H3. The van der Waals surface area contributed by atoms with Crippen molar-refractivity contribution in [3.63, 3.8) is 0 Å². The quantitative estimate of drug-likeness (QED) is 0.494. The smallest absolute Gasteiger partial charge is 0.338 e. The Balaban J connectivity index is 1.62. The molecule has 0 aliphatic rings. The van der Waals surface area contributed by atoms with E-state index in [9.17, 15) is 9.59 Å². The first kappa shape index (κ1) is 17.4. The monoisotopic (exact) mass is 346 g/mol. The molecule has 26 heavy (non-hydrogen) atoms. The number of esters is 1. The van der Waals surface area contributed by atoms with Gasteiger partial charge < -0.3 is 9.47 Å². The van der Waals surface area contributed by atoms with E-state index in [1.807, 2.05) is 42.5 Å². The Bertz CT molecular complexity index is 882. The van der Waals surface area contributed by atoms with Gasteiger partial charge in [-0.25, -0.2) is 4.79 Å². The fourth-order valence-corrected chi connectivity index (χ4v) is 2.47. The zero-order chi connectivity index (χ0) is 18.4. The van der Waals surface area contributed by atoms with Gasteiger partial charge in [0.05, 0.1) is 12.7 Å². The van der Waals surface area contributed by atoms with Crippen LogP contribution in [0.15, 0.2) is 78.9 Å². The molecule has 0 N–H and O–H groups in total. The molecular weight excluding hydrogens is 328 g/mol. The van der Waals surface area contributed by atoms with E-state index in [2.05, 4.69) is 0 Å². The van der Waals surface area contributed by atoms with E-state index in [1.165, 1.54) is 0 Å². The van der Waals surface area contributed by atoms with Gasteiger partial charge in [-0.05, 0) is 29.8 Å². The highest BCUT2D eigenvalue weighted by molar-refractivity contribution is 6.09. The molecule has 0 bridgehead atoms. The van der Waals surface area contributed by atoms with Gasteiger partial charge in [-0.3, -0.25) is 4.79 Å². The largest absolute Gasteiger partial charge is 0.497 e. The van der Waals surface area contributed by atoms with Crippen molar-refractivity contribution in [2.24, 2.45) is 0 Å². The zero-order valence-electron chi connectivity index (χ0n) is 14.3. The molecule has 0 spiro atoms. The molecule has 3 aromatic carbocycles. The number of rotatable bonds is 6. The number of hydrogen-bond donors (Lipinski definition) is 0. The lowest BCUT2D eigenvalue weighted by Crippen LogP contribution is -2.06. The van der Waals surface area contributed by atoms with Crippen molar-refractivity contribution >= 4 is 11.8 Å². The van der Waals surface area contributed by atoms with Crippen LogP contribution in [0.2, 0.25) is 0 Å². The SMILES string of the molecule is COc1ccc(COC(=O)c2ccc(C(=O)c3ccccc3)cc2)cc1. The first-order chi connectivity index (χ1) is 12.7. The minimum absolute atomic E-state index is 0.0799. The van der Waals surface area contributed by atoms with Crippen LogP contribution in [0.5, 0.6) is 5.75 Å². The highest BCUT2D eigenvalue weighted by Gasteiger charge is 2.11. The lowest BCUT2D eigenvalue weighted by atomic mass is 10.0. The molecule has 0 saturated heterocycles. The van der Waals surface area contributed by atoms with Crippen molar-refractivity contribution in [1.29, 1.82) is 0 Å². The van der Waals surface area contributed by atoms with Crippen molar-refractivity contribution in [3.8, 4) is 5.75 Å². The van der Waals surface area contributed by atoms with E-state index in [-0.39, 0.29) is 12.4 Å². The van der Waals surface area contributed by atoms with Gasteiger partial charge in [0.25, 0.3) is 0 Å². The Morgan fingerprint density at radius 2 is 1.31 bits per heavy atom. The number of benzene rings is 3. The molecule has 3 rings (SSSR count). The summed E-state index contributed by atoms with van der Waals surface area (Å²) in [6.45, 7) is 0.174. The molecule has 0 aliphatic heterocycles. The highest BCUT2D eigenvalue weighted by atomic mass is 16.5. The van der Waals surface area contributed by atoms with Gasteiger partial charge >= 0.3 is 5.97 Å². The molecule has 130 valence electrons. The molecule has 0 amide bonds. The average Bonchev–Trinajstić information content (AvgIpc) is 2.72. The van der Waals surface area contributed by atoms with Gasteiger partial charge in [0.1, 0.15) is 12.4 Å². The second-order valence-corrected chi connectivity index (χ2v) is 5.70. The van der Waals surface area contributed by atoms with Crippen LogP contribution in [-0.2, 0) is 11.3 Å². The Labute approximate surface area is 152 Å².